The molecule has 0 aliphatic heterocycles. The van der Waals surface area contributed by atoms with E-state index in [2.05, 4.69) is 0 Å². The van der Waals surface area contributed by atoms with Crippen molar-refractivity contribution in [1.82, 2.24) is 0 Å². The maximum absolute atomic E-state index is 11.3. The van der Waals surface area contributed by atoms with Gasteiger partial charge in [0.2, 0.25) is 0 Å². The minimum Gasteiger partial charge on any atom is -0.497 e. The zero-order chi connectivity index (χ0) is 15.4. The largest absolute Gasteiger partial charge is 0.497 e. The van der Waals surface area contributed by atoms with E-state index in [1.165, 1.54) is 20.3 Å². The van der Waals surface area contributed by atoms with Crippen LogP contribution in [0.1, 0.15) is 27.6 Å². The summed E-state index contributed by atoms with van der Waals surface area (Å²) in [7, 11) is 3.00. The predicted octanol–water partition coefficient (Wildman–Crippen LogP) is 2.48. The molecule has 0 fully saturated rings. The summed E-state index contributed by atoms with van der Waals surface area (Å²) < 4.78 is 10.4. The van der Waals surface area contributed by atoms with E-state index in [9.17, 15) is 15.0 Å². The van der Waals surface area contributed by atoms with Crippen molar-refractivity contribution >= 4 is 5.97 Å². The van der Waals surface area contributed by atoms with Crippen LogP contribution in [0.3, 0.4) is 0 Å². The van der Waals surface area contributed by atoms with Gasteiger partial charge in [0.15, 0.2) is 0 Å². The van der Waals surface area contributed by atoms with Crippen LogP contribution in [0.5, 0.6) is 11.5 Å². The molecule has 0 heterocycles. The minimum atomic E-state index is -1.12. The number of ether oxygens (including phenoxy) is 2. The van der Waals surface area contributed by atoms with Gasteiger partial charge in [-0.05, 0) is 29.8 Å². The number of aliphatic hydroxyl groups excluding tert-OH is 1. The molecule has 0 aromatic heterocycles. The van der Waals surface area contributed by atoms with Gasteiger partial charge in [-0.3, -0.25) is 0 Å². The normalized spacial score (nSPS) is 11.8. The first-order chi connectivity index (χ1) is 10.1. The Morgan fingerprint density at radius 3 is 2.38 bits per heavy atom. The van der Waals surface area contributed by atoms with Gasteiger partial charge in [-0.1, -0.05) is 18.2 Å². The number of aliphatic hydroxyl groups is 1. The predicted molar refractivity (Wildman–Crippen MR) is 77.0 cm³/mol. The summed E-state index contributed by atoms with van der Waals surface area (Å²) in [6.45, 7) is 0. The molecule has 0 saturated heterocycles. The third-order valence-electron chi connectivity index (χ3n) is 3.22. The molecule has 2 rings (SSSR count). The third-order valence-corrected chi connectivity index (χ3v) is 3.22. The number of rotatable bonds is 5. The maximum atomic E-state index is 11.3. The molecule has 0 aliphatic rings. The Bertz CT molecular complexity index is 651. The lowest BCUT2D eigenvalue weighted by Crippen LogP contribution is -2.09. The second-order valence-electron chi connectivity index (χ2n) is 4.40. The van der Waals surface area contributed by atoms with E-state index in [0.717, 1.165) is 0 Å². The second-order valence-corrected chi connectivity index (χ2v) is 4.40. The first kappa shape index (κ1) is 14.9. The fourth-order valence-electron chi connectivity index (χ4n) is 2.15. The molecule has 2 aromatic carbocycles. The zero-order valence-electron chi connectivity index (χ0n) is 11.7. The van der Waals surface area contributed by atoms with Crippen LogP contribution < -0.4 is 9.47 Å². The van der Waals surface area contributed by atoms with E-state index >= 15 is 0 Å². The van der Waals surface area contributed by atoms with Crippen molar-refractivity contribution in [2.75, 3.05) is 14.2 Å². The van der Waals surface area contributed by atoms with E-state index in [4.69, 9.17) is 9.47 Å². The van der Waals surface area contributed by atoms with Crippen molar-refractivity contribution in [1.29, 1.82) is 0 Å². The quantitative estimate of drug-likeness (QED) is 0.884. The van der Waals surface area contributed by atoms with Crippen LogP contribution >= 0.6 is 0 Å². The highest BCUT2D eigenvalue weighted by Crippen LogP contribution is 2.34. The molecule has 110 valence electrons. The average Bonchev–Trinajstić information content (AvgIpc) is 2.53. The standard InChI is InChI=1S/C16H16O5/c1-20-10-7-8-14(21-2)13(9-10)15(17)11-5-3-4-6-12(11)16(18)19/h3-9,15,17H,1-2H3,(H,18,19). The molecular formula is C16H16O5. The van der Waals surface area contributed by atoms with Crippen LogP contribution in [0.15, 0.2) is 42.5 Å². The molecule has 2 aromatic rings. The van der Waals surface area contributed by atoms with Gasteiger partial charge in [0.05, 0.1) is 19.8 Å². The molecule has 0 amide bonds. The first-order valence-corrected chi connectivity index (χ1v) is 6.30. The summed E-state index contributed by atoms with van der Waals surface area (Å²) in [5.41, 5.74) is 0.803. The first-order valence-electron chi connectivity index (χ1n) is 6.30. The van der Waals surface area contributed by atoms with Gasteiger partial charge < -0.3 is 19.7 Å². The van der Waals surface area contributed by atoms with E-state index in [1.54, 1.807) is 36.4 Å². The molecule has 21 heavy (non-hydrogen) atoms. The monoisotopic (exact) mass is 288 g/mol. The van der Waals surface area contributed by atoms with E-state index in [1.807, 2.05) is 0 Å². The Morgan fingerprint density at radius 1 is 1.05 bits per heavy atom. The van der Waals surface area contributed by atoms with Crippen LogP contribution in [0.2, 0.25) is 0 Å². The number of aromatic carboxylic acids is 1. The SMILES string of the molecule is COc1ccc(OC)c(C(O)c2ccccc2C(=O)O)c1. The Balaban J connectivity index is 2.54. The highest BCUT2D eigenvalue weighted by atomic mass is 16.5. The molecule has 1 atom stereocenters. The molecule has 5 heteroatoms. The van der Waals surface area contributed by atoms with Crippen LogP contribution in [0.4, 0.5) is 0 Å². The fraction of sp³-hybridized carbons (Fsp3) is 0.188. The van der Waals surface area contributed by atoms with E-state index in [-0.39, 0.29) is 5.56 Å². The summed E-state index contributed by atoms with van der Waals surface area (Å²) in [5, 5.41) is 19.8. The van der Waals surface area contributed by atoms with Crippen molar-refractivity contribution in [3.8, 4) is 11.5 Å². The molecule has 2 N–H and O–H groups in total. The van der Waals surface area contributed by atoms with Gasteiger partial charge in [0.25, 0.3) is 0 Å². The van der Waals surface area contributed by atoms with Gasteiger partial charge in [0.1, 0.15) is 17.6 Å². The summed E-state index contributed by atoms with van der Waals surface area (Å²) in [4.78, 5) is 11.3. The summed E-state index contributed by atoms with van der Waals surface area (Å²) in [5.74, 6) is -0.0762. The van der Waals surface area contributed by atoms with Crippen molar-refractivity contribution in [2.24, 2.45) is 0 Å². The van der Waals surface area contributed by atoms with Crippen LogP contribution in [-0.2, 0) is 0 Å². The Morgan fingerprint density at radius 2 is 1.76 bits per heavy atom. The number of hydrogen-bond donors (Lipinski definition) is 2. The van der Waals surface area contributed by atoms with Crippen LogP contribution in [0.25, 0.3) is 0 Å². The number of carboxylic acids is 1. The lowest BCUT2D eigenvalue weighted by molar-refractivity contribution is 0.0691. The van der Waals surface area contributed by atoms with E-state index in [0.29, 0.717) is 22.6 Å². The molecular weight excluding hydrogens is 272 g/mol. The van der Waals surface area contributed by atoms with Crippen molar-refractivity contribution < 1.29 is 24.5 Å². The van der Waals surface area contributed by atoms with Gasteiger partial charge in [-0.2, -0.15) is 0 Å². The maximum Gasteiger partial charge on any atom is 0.336 e. The lowest BCUT2D eigenvalue weighted by atomic mass is 9.96. The van der Waals surface area contributed by atoms with Crippen LogP contribution in [-0.4, -0.2) is 30.4 Å². The van der Waals surface area contributed by atoms with Crippen molar-refractivity contribution in [2.45, 2.75) is 6.10 Å². The van der Waals surface area contributed by atoms with E-state index < -0.39 is 12.1 Å². The Labute approximate surface area is 122 Å². The number of carbonyl (C=O) groups is 1. The zero-order valence-corrected chi connectivity index (χ0v) is 11.7. The number of benzene rings is 2. The average molecular weight is 288 g/mol. The molecule has 0 aliphatic carbocycles. The van der Waals surface area contributed by atoms with Gasteiger partial charge in [-0.25, -0.2) is 4.79 Å². The highest BCUT2D eigenvalue weighted by Gasteiger charge is 2.21. The highest BCUT2D eigenvalue weighted by molar-refractivity contribution is 5.89. The van der Waals surface area contributed by atoms with Crippen molar-refractivity contribution in [3.05, 3.63) is 59.2 Å². The summed E-state index contributed by atoms with van der Waals surface area (Å²) in [6.07, 6.45) is -1.12. The summed E-state index contributed by atoms with van der Waals surface area (Å²) in [6, 6.07) is 11.3. The van der Waals surface area contributed by atoms with Gasteiger partial charge in [0, 0.05) is 5.56 Å². The van der Waals surface area contributed by atoms with Gasteiger partial charge in [-0.15, -0.1) is 0 Å². The summed E-state index contributed by atoms with van der Waals surface area (Å²) >= 11 is 0. The number of hydrogen-bond acceptors (Lipinski definition) is 4. The number of methoxy groups -OCH3 is 2. The van der Waals surface area contributed by atoms with Gasteiger partial charge >= 0.3 is 5.97 Å². The molecule has 0 saturated carbocycles. The Hall–Kier alpha value is -2.53. The topological polar surface area (TPSA) is 76.0 Å². The Kier molecular flexibility index (Phi) is 4.45. The smallest absolute Gasteiger partial charge is 0.336 e. The van der Waals surface area contributed by atoms with Crippen LogP contribution in [0, 0.1) is 0 Å². The molecule has 5 nitrogen and oxygen atoms in total. The minimum absolute atomic E-state index is 0.0508. The molecule has 0 radical (unpaired) electrons. The lowest BCUT2D eigenvalue weighted by Gasteiger charge is -2.17. The second kappa shape index (κ2) is 6.28. The molecule has 0 spiro atoms. The number of carboxylic acid groups (broad SMARTS) is 1. The fourth-order valence-corrected chi connectivity index (χ4v) is 2.15. The third kappa shape index (κ3) is 2.98. The molecule has 1 unspecified atom stereocenters. The molecule has 0 bridgehead atoms. The van der Waals surface area contributed by atoms with Crippen molar-refractivity contribution in [3.63, 3.8) is 0 Å².